The molecule has 9 heteroatoms. The third-order valence-electron chi connectivity index (χ3n) is 3.99. The summed E-state index contributed by atoms with van der Waals surface area (Å²) in [5, 5.41) is 0. The molecule has 0 aromatic heterocycles. The first-order valence-electron chi connectivity index (χ1n) is 7.40. The van der Waals surface area contributed by atoms with Crippen LogP contribution in [-0.4, -0.2) is 41.3 Å². The number of ether oxygens (including phenoxy) is 2. The van der Waals surface area contributed by atoms with Gasteiger partial charge in [-0.2, -0.15) is 0 Å². The fourth-order valence-corrected chi connectivity index (χ4v) is 6.64. The van der Waals surface area contributed by atoms with Gasteiger partial charge in [-0.1, -0.05) is 21.9 Å². The highest BCUT2D eigenvalue weighted by atomic mass is 32.3. The summed E-state index contributed by atoms with van der Waals surface area (Å²) in [7, 11) is -5.57. The summed E-state index contributed by atoms with van der Waals surface area (Å²) in [6, 6.07) is 10.4. The molecule has 1 aliphatic rings. The van der Waals surface area contributed by atoms with E-state index >= 15 is 0 Å². The SMILES string of the molecule is COc1cc2c(cc1OC)S(=O)(=O)N(S(=O)(=O)c1ccccc1)CC2. The normalized spacial score (nSPS) is 16.9. The number of nitrogens with zero attached hydrogens (tertiary/aromatic N) is 1. The lowest BCUT2D eigenvalue weighted by Gasteiger charge is -2.28. The molecule has 0 saturated heterocycles. The molecule has 0 saturated carbocycles. The molecule has 0 atom stereocenters. The number of rotatable bonds is 4. The van der Waals surface area contributed by atoms with Gasteiger partial charge in [0.2, 0.25) is 0 Å². The quantitative estimate of drug-likeness (QED) is 0.797. The van der Waals surface area contributed by atoms with Crippen LogP contribution in [0, 0.1) is 0 Å². The van der Waals surface area contributed by atoms with Crippen LogP contribution in [0.15, 0.2) is 52.3 Å². The summed E-state index contributed by atoms with van der Waals surface area (Å²) in [5.74, 6) is 0.625. The molecule has 7 nitrogen and oxygen atoms in total. The smallest absolute Gasteiger partial charge is 0.256 e. The van der Waals surface area contributed by atoms with Crippen molar-refractivity contribution in [2.24, 2.45) is 0 Å². The maximum absolute atomic E-state index is 12.9. The Balaban J connectivity index is 2.14. The zero-order valence-electron chi connectivity index (χ0n) is 13.7. The Morgan fingerprint density at radius 3 is 2.20 bits per heavy atom. The van der Waals surface area contributed by atoms with E-state index in [1.807, 2.05) is 0 Å². The average Bonchev–Trinajstić information content (AvgIpc) is 2.61. The van der Waals surface area contributed by atoms with Crippen LogP contribution in [-0.2, 0) is 26.5 Å². The topological polar surface area (TPSA) is 90.0 Å². The van der Waals surface area contributed by atoms with Crippen LogP contribution < -0.4 is 9.47 Å². The van der Waals surface area contributed by atoms with Gasteiger partial charge in [0, 0.05) is 12.6 Å². The fraction of sp³-hybridized carbons (Fsp3) is 0.250. The summed E-state index contributed by atoms with van der Waals surface area (Å²) < 4.78 is 62.3. The fourth-order valence-electron chi connectivity index (χ4n) is 2.74. The van der Waals surface area contributed by atoms with Gasteiger partial charge in [-0.3, -0.25) is 0 Å². The Labute approximate surface area is 146 Å². The number of benzene rings is 2. The van der Waals surface area contributed by atoms with Crippen LogP contribution in [0.3, 0.4) is 0 Å². The number of fused-ring (bicyclic) bond motifs is 1. The molecule has 0 spiro atoms. The van der Waals surface area contributed by atoms with Crippen LogP contribution in [0.2, 0.25) is 0 Å². The highest BCUT2D eigenvalue weighted by Gasteiger charge is 2.41. The van der Waals surface area contributed by atoms with Crippen molar-refractivity contribution in [2.45, 2.75) is 16.2 Å². The number of sulfonamides is 2. The van der Waals surface area contributed by atoms with Gasteiger partial charge < -0.3 is 9.47 Å². The van der Waals surface area contributed by atoms with Gasteiger partial charge in [-0.15, -0.1) is 0 Å². The first-order chi connectivity index (χ1) is 11.8. The molecule has 0 amide bonds. The van der Waals surface area contributed by atoms with Gasteiger partial charge >= 0.3 is 0 Å². The molecule has 0 radical (unpaired) electrons. The number of hydrogen-bond acceptors (Lipinski definition) is 6. The zero-order chi connectivity index (χ0) is 18.2. The van der Waals surface area contributed by atoms with Gasteiger partial charge in [0.05, 0.1) is 24.0 Å². The van der Waals surface area contributed by atoms with E-state index in [1.54, 1.807) is 24.3 Å². The summed E-state index contributed by atoms with van der Waals surface area (Å²) in [6.07, 6.45) is 0.251. The highest BCUT2D eigenvalue weighted by molar-refractivity contribution is 8.04. The van der Waals surface area contributed by atoms with Gasteiger partial charge in [-0.05, 0) is 30.2 Å². The van der Waals surface area contributed by atoms with E-state index in [0.717, 1.165) is 0 Å². The molecule has 1 heterocycles. The van der Waals surface area contributed by atoms with E-state index in [2.05, 4.69) is 0 Å². The van der Waals surface area contributed by atoms with Crippen LogP contribution in [0.1, 0.15) is 5.56 Å². The van der Waals surface area contributed by atoms with Gasteiger partial charge in [0.1, 0.15) is 0 Å². The molecule has 134 valence electrons. The van der Waals surface area contributed by atoms with Crippen LogP contribution in [0.4, 0.5) is 0 Å². The highest BCUT2D eigenvalue weighted by Crippen LogP contribution is 2.38. The zero-order valence-corrected chi connectivity index (χ0v) is 15.3. The Hall–Kier alpha value is -2.10. The van der Waals surface area contributed by atoms with Crippen molar-refractivity contribution in [3.05, 3.63) is 48.0 Å². The number of hydrogen-bond donors (Lipinski definition) is 0. The predicted molar refractivity (Wildman–Crippen MR) is 90.8 cm³/mol. The molecule has 0 unspecified atom stereocenters. The lowest BCUT2D eigenvalue weighted by Crippen LogP contribution is -2.41. The van der Waals surface area contributed by atoms with Crippen molar-refractivity contribution in [3.8, 4) is 11.5 Å². The van der Waals surface area contributed by atoms with Crippen molar-refractivity contribution in [1.29, 1.82) is 0 Å². The van der Waals surface area contributed by atoms with Gasteiger partial charge in [-0.25, -0.2) is 16.8 Å². The van der Waals surface area contributed by atoms with Crippen molar-refractivity contribution in [3.63, 3.8) is 0 Å². The Morgan fingerprint density at radius 2 is 1.60 bits per heavy atom. The second kappa shape index (κ2) is 6.32. The lowest BCUT2D eigenvalue weighted by atomic mass is 10.1. The van der Waals surface area contributed by atoms with Gasteiger partial charge in [0.25, 0.3) is 20.0 Å². The van der Waals surface area contributed by atoms with E-state index in [4.69, 9.17) is 9.47 Å². The summed E-state index contributed by atoms with van der Waals surface area (Å²) in [6.45, 7) is -0.165. The van der Waals surface area contributed by atoms with Gasteiger partial charge in [0.15, 0.2) is 11.5 Å². The lowest BCUT2D eigenvalue weighted by molar-refractivity contribution is 0.352. The monoisotopic (exact) mass is 383 g/mol. The largest absolute Gasteiger partial charge is 0.493 e. The van der Waals surface area contributed by atoms with Crippen molar-refractivity contribution in [1.82, 2.24) is 3.71 Å². The molecule has 0 fully saturated rings. The van der Waals surface area contributed by atoms with E-state index in [0.29, 0.717) is 15.0 Å². The summed E-state index contributed by atoms with van der Waals surface area (Å²) in [5.41, 5.74) is 0.497. The Morgan fingerprint density at radius 1 is 1.00 bits per heavy atom. The first kappa shape index (κ1) is 17.7. The molecule has 0 bridgehead atoms. The third kappa shape index (κ3) is 2.88. The minimum Gasteiger partial charge on any atom is -0.493 e. The maximum Gasteiger partial charge on any atom is 0.256 e. The summed E-state index contributed by atoms with van der Waals surface area (Å²) in [4.78, 5) is -0.154. The summed E-state index contributed by atoms with van der Waals surface area (Å²) >= 11 is 0. The third-order valence-corrected chi connectivity index (χ3v) is 8.40. The molecule has 25 heavy (non-hydrogen) atoms. The van der Waals surface area contributed by atoms with Crippen LogP contribution >= 0.6 is 0 Å². The van der Waals surface area contributed by atoms with E-state index in [-0.39, 0.29) is 28.5 Å². The molecule has 0 N–H and O–H groups in total. The molecule has 2 aromatic rings. The number of methoxy groups -OCH3 is 2. The van der Waals surface area contributed by atoms with Crippen LogP contribution in [0.5, 0.6) is 11.5 Å². The van der Waals surface area contributed by atoms with E-state index in [1.165, 1.54) is 32.4 Å². The minimum absolute atomic E-state index is 0.0671. The Bertz CT molecular complexity index is 1000. The van der Waals surface area contributed by atoms with Crippen molar-refractivity contribution in [2.75, 3.05) is 20.8 Å². The first-order valence-corrected chi connectivity index (χ1v) is 10.3. The predicted octanol–water partition coefficient (Wildman–Crippen LogP) is 1.64. The second-order valence-electron chi connectivity index (χ2n) is 5.38. The molecular weight excluding hydrogens is 366 g/mol. The van der Waals surface area contributed by atoms with Crippen molar-refractivity contribution < 1.29 is 26.3 Å². The average molecular weight is 383 g/mol. The molecule has 1 aliphatic heterocycles. The van der Waals surface area contributed by atoms with Crippen LogP contribution in [0.25, 0.3) is 0 Å². The molecule has 3 rings (SSSR count). The molecule has 2 aromatic carbocycles. The van der Waals surface area contributed by atoms with E-state index < -0.39 is 20.0 Å². The minimum atomic E-state index is -4.24. The molecular formula is C16H17NO6S2. The maximum atomic E-state index is 12.9. The molecule has 0 aliphatic carbocycles. The van der Waals surface area contributed by atoms with Crippen molar-refractivity contribution >= 4 is 20.0 Å². The second-order valence-corrected chi connectivity index (χ2v) is 9.31. The standard InChI is InChI=1S/C16H17NO6S2/c1-22-14-10-12-8-9-17(24(18,19)13-6-4-3-5-7-13)25(20,21)16(12)11-15(14)23-2/h3-7,10-11H,8-9H2,1-2H3. The van der Waals surface area contributed by atoms with E-state index in [9.17, 15) is 16.8 Å². The Kier molecular flexibility index (Phi) is 4.48.